The lowest BCUT2D eigenvalue weighted by Crippen LogP contribution is -2.09. The highest BCUT2D eigenvalue weighted by Crippen LogP contribution is 2.41. The smallest absolute Gasteiger partial charge is 0.293 e. The molecule has 2 rings (SSSR count). The topological polar surface area (TPSA) is 17.1 Å². The molecule has 0 heterocycles. The van der Waals surface area contributed by atoms with Crippen LogP contribution in [0.3, 0.4) is 0 Å². The number of carbonyl (C=O) groups is 1. The number of hydrogen-bond acceptors (Lipinski definition) is 1. The average Bonchev–Trinajstić information content (AvgIpc) is 2.45. The van der Waals surface area contributed by atoms with E-state index in [0.717, 1.165) is 0 Å². The van der Waals surface area contributed by atoms with Gasteiger partial charge in [0.15, 0.2) is 5.78 Å². The van der Waals surface area contributed by atoms with Crippen molar-refractivity contribution in [2.24, 2.45) is 0 Å². The maximum Gasteiger partial charge on any atom is 0.418 e. The number of rotatable bonds is 3. The molecule has 1 radical (unpaired) electrons. The molecule has 1 nitrogen and oxygen atoms in total. The second kappa shape index (κ2) is 6.32. The zero-order chi connectivity index (χ0) is 15.6. The summed E-state index contributed by atoms with van der Waals surface area (Å²) in [7, 11) is 0. The molecule has 0 aromatic heterocycles. The van der Waals surface area contributed by atoms with Crippen molar-refractivity contribution in [3.05, 3.63) is 58.1 Å². The summed E-state index contributed by atoms with van der Waals surface area (Å²) in [6.45, 7) is 0. The largest absolute Gasteiger partial charge is 0.418 e. The van der Waals surface area contributed by atoms with Crippen LogP contribution >= 0.6 is 31.9 Å². The van der Waals surface area contributed by atoms with Crippen LogP contribution in [0.2, 0.25) is 0 Å². The maximum atomic E-state index is 13.2. The van der Waals surface area contributed by atoms with Crippen molar-refractivity contribution >= 4 is 37.6 Å². The molecule has 0 atom stereocenters. The van der Waals surface area contributed by atoms with E-state index in [2.05, 4.69) is 37.9 Å². The monoisotopic (exact) mass is 419 g/mol. The van der Waals surface area contributed by atoms with E-state index in [1.165, 1.54) is 18.2 Å². The zero-order valence-electron chi connectivity index (χ0n) is 10.5. The fourth-order valence-corrected chi connectivity index (χ4v) is 2.82. The van der Waals surface area contributed by atoms with E-state index in [-0.39, 0.29) is 21.1 Å². The molecule has 0 amide bonds. The first-order valence-electron chi connectivity index (χ1n) is 5.81. The summed E-state index contributed by atoms with van der Waals surface area (Å²) in [6, 6.07) is 11.4. The predicted molar refractivity (Wildman–Crippen MR) is 81.5 cm³/mol. The second-order valence-corrected chi connectivity index (χ2v) is 5.57. The molecule has 0 aliphatic heterocycles. The number of carbonyl (C=O) groups excluding carboxylic acids is 1. The van der Waals surface area contributed by atoms with Crippen LogP contribution in [-0.2, 0) is 6.18 Å². The third kappa shape index (κ3) is 3.55. The summed E-state index contributed by atoms with van der Waals surface area (Å²) in [6.07, 6.45) is -4.51. The fraction of sp³-hybridized carbons (Fsp3) is 0.133. The van der Waals surface area contributed by atoms with Gasteiger partial charge in [-0.3, -0.25) is 4.79 Å². The highest BCUT2D eigenvalue weighted by molar-refractivity contribution is 9.10. The zero-order valence-corrected chi connectivity index (χ0v) is 13.6. The van der Waals surface area contributed by atoms with Crippen LogP contribution in [0.5, 0.6) is 0 Å². The molecule has 109 valence electrons. The van der Waals surface area contributed by atoms with Crippen LogP contribution < -0.4 is 0 Å². The van der Waals surface area contributed by atoms with Crippen molar-refractivity contribution in [1.29, 1.82) is 0 Å². The van der Waals surface area contributed by atoms with Crippen LogP contribution in [0.15, 0.2) is 40.9 Å². The molecular weight excluding hydrogens is 413 g/mol. The van der Waals surface area contributed by atoms with E-state index in [0.29, 0.717) is 11.1 Å². The number of halogens is 5. The van der Waals surface area contributed by atoms with Gasteiger partial charge in [-0.15, -0.1) is 0 Å². The molecule has 0 bridgehead atoms. The highest BCUT2D eigenvalue weighted by atomic mass is 79.9. The van der Waals surface area contributed by atoms with Gasteiger partial charge in [0.2, 0.25) is 0 Å². The van der Waals surface area contributed by atoms with E-state index >= 15 is 0 Å². The first-order valence-corrected chi connectivity index (χ1v) is 7.73. The van der Waals surface area contributed by atoms with E-state index in [9.17, 15) is 18.0 Å². The van der Waals surface area contributed by atoms with Crippen molar-refractivity contribution < 1.29 is 18.0 Å². The van der Waals surface area contributed by atoms with Gasteiger partial charge >= 0.3 is 6.18 Å². The Morgan fingerprint density at radius 2 is 1.95 bits per heavy atom. The van der Waals surface area contributed by atoms with Gasteiger partial charge in [0, 0.05) is 10.0 Å². The Kier molecular flexibility index (Phi) is 4.88. The molecule has 2 aromatic rings. The number of ketones is 1. The number of alkyl halides is 4. The second-order valence-electron chi connectivity index (χ2n) is 4.22. The third-order valence-corrected chi connectivity index (χ3v) is 3.98. The first-order chi connectivity index (χ1) is 9.84. The Morgan fingerprint density at radius 3 is 2.57 bits per heavy atom. The summed E-state index contributed by atoms with van der Waals surface area (Å²) >= 11 is 5.94. The molecule has 0 unspecified atom stereocenters. The van der Waals surface area contributed by atoms with Crippen LogP contribution in [0.1, 0.15) is 15.9 Å². The van der Waals surface area contributed by atoms with Crippen molar-refractivity contribution in [3.8, 4) is 11.1 Å². The van der Waals surface area contributed by atoms with E-state index in [1.54, 1.807) is 18.2 Å². The standard InChI is InChI=1S/C15H8Br2F3O/c16-8-13(21)10-4-1-3-9(7-10)11-5-2-6-12(17)14(11)15(18,19)20/h1-5,7H,8H2. The molecule has 0 aliphatic carbocycles. The molecule has 0 spiro atoms. The number of benzene rings is 2. The van der Waals surface area contributed by atoms with E-state index in [4.69, 9.17) is 0 Å². The van der Waals surface area contributed by atoms with Gasteiger partial charge in [-0.05, 0) is 39.2 Å². The van der Waals surface area contributed by atoms with Crippen molar-refractivity contribution in [1.82, 2.24) is 0 Å². The Morgan fingerprint density at radius 1 is 1.24 bits per heavy atom. The predicted octanol–water partition coefficient (Wildman–Crippen LogP) is 5.51. The molecule has 0 fully saturated rings. The van der Waals surface area contributed by atoms with Crippen molar-refractivity contribution in [3.63, 3.8) is 0 Å². The minimum Gasteiger partial charge on any atom is -0.293 e. The Hall–Kier alpha value is -1.14. The Labute approximate surface area is 136 Å². The quantitative estimate of drug-likeness (QED) is 0.472. The van der Waals surface area contributed by atoms with Gasteiger partial charge in [0.25, 0.3) is 0 Å². The molecule has 0 N–H and O–H groups in total. The lowest BCUT2D eigenvalue weighted by atomic mass is 9.97. The summed E-state index contributed by atoms with van der Waals surface area (Å²) in [5.74, 6) is -0.188. The molecule has 21 heavy (non-hydrogen) atoms. The van der Waals surface area contributed by atoms with Crippen LogP contribution in [0.4, 0.5) is 13.2 Å². The van der Waals surface area contributed by atoms with Gasteiger partial charge in [-0.25, -0.2) is 0 Å². The lowest BCUT2D eigenvalue weighted by molar-refractivity contribution is -0.137. The molecule has 2 aromatic carbocycles. The summed E-state index contributed by atoms with van der Waals surface area (Å²) in [5, 5.41) is 0.120. The van der Waals surface area contributed by atoms with E-state index in [1.807, 2.05) is 0 Å². The number of Topliss-reactive ketones (excluding diaryl/α,β-unsaturated/α-hetero) is 1. The highest BCUT2D eigenvalue weighted by Gasteiger charge is 2.36. The third-order valence-electron chi connectivity index (χ3n) is 2.85. The maximum absolute atomic E-state index is 13.2. The van der Waals surface area contributed by atoms with E-state index < -0.39 is 11.7 Å². The molecular formula is C15H8Br2F3O. The number of hydrogen-bond donors (Lipinski definition) is 0. The minimum absolute atomic E-state index is 0.0114. The molecule has 0 saturated heterocycles. The molecule has 6 heteroatoms. The average molecular weight is 421 g/mol. The Balaban J connectivity index is 2.63. The first kappa shape index (κ1) is 16.2. The van der Waals surface area contributed by atoms with Gasteiger partial charge in [-0.2, -0.15) is 13.2 Å². The van der Waals surface area contributed by atoms with Crippen LogP contribution in [0, 0.1) is 6.07 Å². The van der Waals surface area contributed by atoms with Crippen LogP contribution in [0.25, 0.3) is 11.1 Å². The fourth-order valence-electron chi connectivity index (χ4n) is 1.93. The summed E-state index contributed by atoms with van der Waals surface area (Å²) in [5.41, 5.74) is -0.0870. The van der Waals surface area contributed by atoms with Crippen molar-refractivity contribution in [2.45, 2.75) is 6.18 Å². The molecule has 0 aliphatic rings. The Bertz CT molecular complexity index is 681. The minimum atomic E-state index is -4.51. The van der Waals surface area contributed by atoms with Crippen molar-refractivity contribution in [2.75, 3.05) is 5.33 Å². The van der Waals surface area contributed by atoms with Crippen LogP contribution in [-0.4, -0.2) is 11.1 Å². The van der Waals surface area contributed by atoms with Gasteiger partial charge in [0.1, 0.15) is 0 Å². The lowest BCUT2D eigenvalue weighted by Gasteiger charge is -2.15. The normalized spacial score (nSPS) is 11.5. The van der Waals surface area contributed by atoms with Gasteiger partial charge < -0.3 is 0 Å². The molecule has 0 saturated carbocycles. The summed E-state index contributed by atoms with van der Waals surface area (Å²) < 4.78 is 39.4. The van der Waals surface area contributed by atoms with Gasteiger partial charge in [-0.1, -0.05) is 46.3 Å². The summed E-state index contributed by atoms with van der Waals surface area (Å²) in [4.78, 5) is 11.7. The van der Waals surface area contributed by atoms with Gasteiger partial charge in [0.05, 0.1) is 10.9 Å². The SMILES string of the molecule is O=C(CBr)c1cccc(-c2cc[c]c(Br)c2C(F)(F)F)c1.